The predicted octanol–water partition coefficient (Wildman–Crippen LogP) is -2.42. The minimum absolute atomic E-state index is 0.0869. The van der Waals surface area contributed by atoms with Crippen LogP contribution in [0.2, 0.25) is 0 Å². The number of hydrogen-bond donors (Lipinski definition) is 5. The molecule has 1 heterocycles. The SMILES string of the molecule is O=CC(O)C(O)C(O)CO.O=[N+]([O-])c1ncc[nH]1. The Morgan fingerprint density at radius 1 is 1.50 bits per heavy atom. The van der Waals surface area contributed by atoms with Gasteiger partial charge >= 0.3 is 5.95 Å². The zero-order valence-corrected chi connectivity index (χ0v) is 9.08. The number of nitro groups is 1. The summed E-state index contributed by atoms with van der Waals surface area (Å²) in [5.41, 5.74) is 0. The van der Waals surface area contributed by atoms with Crippen molar-refractivity contribution in [2.75, 3.05) is 6.61 Å². The van der Waals surface area contributed by atoms with Crippen molar-refractivity contribution in [1.82, 2.24) is 9.97 Å². The Kier molecular flexibility index (Phi) is 7.38. The Bertz CT molecular complexity index is 356. The fraction of sp³-hybridized carbons (Fsp3) is 0.500. The second-order valence-electron chi connectivity index (χ2n) is 3.04. The third-order valence-corrected chi connectivity index (χ3v) is 1.73. The molecule has 0 aromatic carbocycles. The Morgan fingerprint density at radius 3 is 2.39 bits per heavy atom. The van der Waals surface area contributed by atoms with Crippen molar-refractivity contribution in [2.24, 2.45) is 0 Å². The second kappa shape index (κ2) is 8.25. The van der Waals surface area contributed by atoms with Crippen LogP contribution in [0.5, 0.6) is 0 Å². The molecule has 0 radical (unpaired) electrons. The summed E-state index contributed by atoms with van der Waals surface area (Å²) in [6.45, 7) is -0.688. The van der Waals surface area contributed by atoms with E-state index in [1.54, 1.807) is 0 Å². The lowest BCUT2D eigenvalue weighted by atomic mass is 10.1. The zero-order chi connectivity index (χ0) is 14.1. The molecule has 10 nitrogen and oxygen atoms in total. The predicted molar refractivity (Wildman–Crippen MR) is 56.4 cm³/mol. The summed E-state index contributed by atoms with van der Waals surface area (Å²) >= 11 is 0. The molecular formula is C8H13N3O7. The molecule has 0 fully saturated rings. The van der Waals surface area contributed by atoms with E-state index < -0.39 is 29.8 Å². The number of nitrogens with zero attached hydrogens (tertiary/aromatic N) is 2. The van der Waals surface area contributed by atoms with Crippen LogP contribution in [0.25, 0.3) is 0 Å². The molecule has 18 heavy (non-hydrogen) atoms. The molecule has 0 aliphatic heterocycles. The van der Waals surface area contributed by atoms with Gasteiger partial charge in [-0.3, -0.25) is 0 Å². The molecule has 1 aromatic rings. The fourth-order valence-corrected chi connectivity index (χ4v) is 0.773. The first-order valence-electron chi connectivity index (χ1n) is 4.68. The van der Waals surface area contributed by atoms with Gasteiger partial charge in [-0.15, -0.1) is 0 Å². The van der Waals surface area contributed by atoms with Gasteiger partial charge in [-0.1, -0.05) is 4.98 Å². The van der Waals surface area contributed by atoms with Crippen molar-refractivity contribution < 1.29 is 30.1 Å². The third kappa shape index (κ3) is 5.45. The van der Waals surface area contributed by atoms with Crippen LogP contribution in [0.3, 0.4) is 0 Å². The average Bonchev–Trinajstić information content (AvgIpc) is 2.90. The number of rotatable bonds is 5. The van der Waals surface area contributed by atoms with E-state index in [0.29, 0.717) is 0 Å². The molecule has 3 unspecified atom stereocenters. The standard InChI is InChI=1S/C5H10O5.C3H3N3O2/c6-1-3(8)5(10)4(9)2-7;7-6(8)3-4-1-2-5-3/h1,3-5,7-10H,2H2;1-2H,(H,4,5). The Balaban J connectivity index is 0.000000327. The number of aromatic amines is 1. The smallest absolute Gasteiger partial charge is 0.394 e. The number of nitrogens with one attached hydrogen (secondary N) is 1. The van der Waals surface area contributed by atoms with Gasteiger partial charge in [0, 0.05) is 0 Å². The summed E-state index contributed by atoms with van der Waals surface area (Å²) in [4.78, 5) is 24.6. The van der Waals surface area contributed by atoms with Gasteiger partial charge in [0.15, 0.2) is 6.29 Å². The Morgan fingerprint density at radius 2 is 2.11 bits per heavy atom. The highest BCUT2D eigenvalue weighted by Gasteiger charge is 2.22. The molecule has 1 rings (SSSR count). The molecule has 5 N–H and O–H groups in total. The van der Waals surface area contributed by atoms with Crippen LogP contribution in [0.4, 0.5) is 5.95 Å². The molecule has 0 aliphatic rings. The molecule has 10 heteroatoms. The normalized spacial score (nSPS) is 14.9. The lowest BCUT2D eigenvalue weighted by Crippen LogP contribution is -2.40. The molecular weight excluding hydrogens is 250 g/mol. The van der Waals surface area contributed by atoms with Gasteiger partial charge in [0.1, 0.15) is 24.5 Å². The lowest BCUT2D eigenvalue weighted by Gasteiger charge is -2.16. The first-order valence-corrected chi connectivity index (χ1v) is 4.68. The van der Waals surface area contributed by atoms with E-state index in [0.717, 1.165) is 0 Å². The van der Waals surface area contributed by atoms with Crippen molar-refractivity contribution in [3.63, 3.8) is 0 Å². The van der Waals surface area contributed by atoms with Crippen LogP contribution >= 0.6 is 0 Å². The van der Waals surface area contributed by atoms with Gasteiger partial charge in [0.25, 0.3) is 0 Å². The molecule has 102 valence electrons. The largest absolute Gasteiger partial charge is 0.432 e. The molecule has 3 atom stereocenters. The van der Waals surface area contributed by atoms with E-state index in [-0.39, 0.29) is 12.2 Å². The van der Waals surface area contributed by atoms with Gasteiger partial charge in [0.05, 0.1) is 12.8 Å². The number of aromatic nitrogens is 2. The summed E-state index contributed by atoms with van der Waals surface area (Å²) in [6, 6.07) is 0. The van der Waals surface area contributed by atoms with Crippen molar-refractivity contribution in [3.8, 4) is 0 Å². The number of hydrogen-bond acceptors (Lipinski definition) is 8. The molecule has 0 saturated heterocycles. The number of aldehydes is 1. The summed E-state index contributed by atoms with van der Waals surface area (Å²) in [6.07, 6.45) is -1.90. The van der Waals surface area contributed by atoms with Crippen molar-refractivity contribution in [2.45, 2.75) is 18.3 Å². The zero-order valence-electron chi connectivity index (χ0n) is 9.08. The number of aliphatic hydroxyl groups is 4. The van der Waals surface area contributed by atoms with Crippen LogP contribution in [0.15, 0.2) is 12.4 Å². The topological polar surface area (TPSA) is 170 Å². The van der Waals surface area contributed by atoms with Gasteiger partial charge in [-0.05, 0) is 4.92 Å². The number of aliphatic hydroxyl groups excluding tert-OH is 4. The maximum absolute atomic E-state index is 9.77. The lowest BCUT2D eigenvalue weighted by molar-refractivity contribution is -0.393. The highest BCUT2D eigenvalue weighted by molar-refractivity contribution is 5.56. The summed E-state index contributed by atoms with van der Waals surface area (Å²) in [5, 5.41) is 43.8. The monoisotopic (exact) mass is 263 g/mol. The summed E-state index contributed by atoms with van der Waals surface area (Å²) in [5.74, 6) is -0.218. The van der Waals surface area contributed by atoms with Crippen molar-refractivity contribution >= 4 is 12.2 Å². The van der Waals surface area contributed by atoms with Crippen LogP contribution in [0, 0.1) is 10.1 Å². The highest BCUT2D eigenvalue weighted by atomic mass is 16.6. The number of carbonyl (C=O) groups excluding carboxylic acids is 1. The Hall–Kier alpha value is -1.88. The van der Waals surface area contributed by atoms with Crippen LogP contribution in [-0.4, -0.2) is 66.5 Å². The third-order valence-electron chi connectivity index (χ3n) is 1.73. The molecule has 0 spiro atoms. The van der Waals surface area contributed by atoms with Gasteiger partial charge in [-0.25, -0.2) is 4.98 Å². The first kappa shape index (κ1) is 16.1. The number of carbonyl (C=O) groups is 1. The molecule has 0 saturated carbocycles. The van der Waals surface area contributed by atoms with E-state index in [2.05, 4.69) is 9.97 Å². The first-order chi connectivity index (χ1) is 8.43. The van der Waals surface area contributed by atoms with E-state index in [1.807, 2.05) is 0 Å². The maximum Gasteiger partial charge on any atom is 0.432 e. The Labute approximate surface area is 101 Å². The van der Waals surface area contributed by atoms with E-state index in [1.165, 1.54) is 12.4 Å². The highest BCUT2D eigenvalue weighted by Crippen LogP contribution is 1.97. The second-order valence-corrected chi connectivity index (χ2v) is 3.04. The molecule has 0 amide bonds. The quantitative estimate of drug-likeness (QED) is 0.222. The van der Waals surface area contributed by atoms with Gasteiger partial charge in [0.2, 0.25) is 0 Å². The fourth-order valence-electron chi connectivity index (χ4n) is 0.773. The summed E-state index contributed by atoms with van der Waals surface area (Å²) < 4.78 is 0. The average molecular weight is 263 g/mol. The summed E-state index contributed by atoms with van der Waals surface area (Å²) in [7, 11) is 0. The van der Waals surface area contributed by atoms with Crippen molar-refractivity contribution in [3.05, 3.63) is 22.5 Å². The molecule has 0 bridgehead atoms. The minimum atomic E-state index is -1.64. The van der Waals surface area contributed by atoms with E-state index in [9.17, 15) is 14.9 Å². The minimum Gasteiger partial charge on any atom is -0.394 e. The number of H-pyrrole nitrogens is 1. The van der Waals surface area contributed by atoms with E-state index >= 15 is 0 Å². The van der Waals surface area contributed by atoms with Crippen molar-refractivity contribution in [1.29, 1.82) is 0 Å². The molecule has 0 aliphatic carbocycles. The van der Waals surface area contributed by atoms with Crippen LogP contribution < -0.4 is 0 Å². The van der Waals surface area contributed by atoms with Crippen LogP contribution in [-0.2, 0) is 4.79 Å². The van der Waals surface area contributed by atoms with Gasteiger partial charge in [-0.2, -0.15) is 0 Å². The number of imidazole rings is 1. The van der Waals surface area contributed by atoms with E-state index in [4.69, 9.17) is 20.4 Å². The van der Waals surface area contributed by atoms with Crippen LogP contribution in [0.1, 0.15) is 0 Å². The maximum atomic E-state index is 9.77. The van der Waals surface area contributed by atoms with Gasteiger partial charge < -0.3 is 35.3 Å². The molecule has 1 aromatic heterocycles.